The van der Waals surface area contributed by atoms with E-state index in [1.54, 1.807) is 30.3 Å². The average Bonchev–Trinajstić information content (AvgIpc) is 2.37. The van der Waals surface area contributed by atoms with Crippen molar-refractivity contribution in [1.82, 2.24) is 5.09 Å². The molecule has 6 nitrogen and oxygen atoms in total. The molecular weight excluding hydrogens is 246 g/mol. The Hall–Kier alpha value is -1.36. The fraction of sp³-hybridized carbons (Fsp3) is 0.300. The van der Waals surface area contributed by atoms with E-state index in [-0.39, 0.29) is 6.54 Å². The van der Waals surface area contributed by atoms with Crippen LogP contribution in [0.15, 0.2) is 30.3 Å². The number of carbonyl (C=O) groups excluding carboxylic acids is 1. The van der Waals surface area contributed by atoms with Crippen LogP contribution in [0.2, 0.25) is 0 Å². The van der Waals surface area contributed by atoms with Crippen molar-refractivity contribution in [2.24, 2.45) is 0 Å². The molecule has 0 saturated carbocycles. The topological polar surface area (TPSA) is 73.9 Å². The minimum Gasteiger partial charge on any atom is -0.468 e. The Kier molecular flexibility index (Phi) is 5.15. The van der Waals surface area contributed by atoms with Crippen molar-refractivity contribution in [3.05, 3.63) is 30.3 Å². The number of hydrogen-bond donors (Lipinski definition) is 1. The zero-order chi connectivity index (χ0) is 12.7. The van der Waals surface area contributed by atoms with Crippen LogP contribution in [-0.4, -0.2) is 26.7 Å². The van der Waals surface area contributed by atoms with Crippen LogP contribution in [0.5, 0.6) is 5.75 Å². The second-order valence-corrected chi connectivity index (χ2v) is 4.85. The molecule has 0 fully saturated rings. The number of hydrogen-bond acceptors (Lipinski definition) is 5. The van der Waals surface area contributed by atoms with Crippen LogP contribution >= 0.6 is 7.75 Å². The van der Waals surface area contributed by atoms with Gasteiger partial charge in [0.25, 0.3) is 0 Å². The molecule has 1 aromatic carbocycles. The summed E-state index contributed by atoms with van der Waals surface area (Å²) in [6, 6.07) is 8.52. The molecule has 0 aromatic heterocycles. The van der Waals surface area contributed by atoms with Crippen LogP contribution in [0, 0.1) is 0 Å². The number of rotatable bonds is 6. The molecule has 7 heteroatoms. The van der Waals surface area contributed by atoms with Gasteiger partial charge in [-0.25, -0.2) is 9.65 Å². The zero-order valence-electron chi connectivity index (χ0n) is 9.58. The van der Waals surface area contributed by atoms with E-state index in [1.807, 2.05) is 0 Å². The Morgan fingerprint density at radius 1 is 1.29 bits per heavy atom. The lowest BCUT2D eigenvalue weighted by Crippen LogP contribution is -2.24. The Morgan fingerprint density at radius 2 is 1.94 bits per heavy atom. The lowest BCUT2D eigenvalue weighted by Gasteiger charge is -2.17. The van der Waals surface area contributed by atoms with E-state index in [0.717, 1.165) is 0 Å². The maximum atomic E-state index is 12.0. The first-order valence-corrected chi connectivity index (χ1v) is 6.36. The quantitative estimate of drug-likeness (QED) is 0.475. The Balaban J connectivity index is 2.63. The third-order valence-electron chi connectivity index (χ3n) is 1.85. The largest absolute Gasteiger partial charge is 0.468 e. The fourth-order valence-corrected chi connectivity index (χ4v) is 1.98. The predicted molar refractivity (Wildman–Crippen MR) is 61.7 cm³/mol. The van der Waals surface area contributed by atoms with E-state index in [2.05, 4.69) is 9.82 Å². The summed E-state index contributed by atoms with van der Waals surface area (Å²) in [7, 11) is -1.07. The molecule has 0 heterocycles. The molecule has 0 aliphatic carbocycles. The summed E-state index contributed by atoms with van der Waals surface area (Å²) in [5.74, 6) is -0.172. The molecule has 94 valence electrons. The molecule has 1 atom stereocenters. The highest BCUT2D eigenvalue weighted by Crippen LogP contribution is 2.42. The molecule has 1 unspecified atom stereocenters. The van der Waals surface area contributed by atoms with Gasteiger partial charge in [0.15, 0.2) is 0 Å². The Labute approximate surface area is 99.5 Å². The average molecular weight is 260 g/mol. The SMILES string of the molecule is COC(=O)C[15NH]P(=O)(OC)Oc1ccccc1. The summed E-state index contributed by atoms with van der Waals surface area (Å²) in [6.45, 7) is -0.256. The van der Waals surface area contributed by atoms with Gasteiger partial charge in [-0.3, -0.25) is 9.32 Å². The van der Waals surface area contributed by atoms with E-state index in [0.29, 0.717) is 5.75 Å². The van der Waals surface area contributed by atoms with E-state index in [1.165, 1.54) is 14.2 Å². The van der Waals surface area contributed by atoms with Crippen LogP contribution in [0.3, 0.4) is 0 Å². The summed E-state index contributed by atoms with van der Waals surface area (Å²) >= 11 is 0. The second-order valence-electron chi connectivity index (χ2n) is 3.00. The number of benzene rings is 1. The van der Waals surface area contributed by atoms with Crippen LogP contribution < -0.4 is 9.61 Å². The summed E-state index contributed by atoms with van der Waals surface area (Å²) in [6.07, 6.45) is 0. The van der Waals surface area contributed by atoms with Gasteiger partial charge in [0.05, 0.1) is 7.11 Å². The smallest absolute Gasteiger partial charge is 0.458 e. The van der Waals surface area contributed by atoms with Gasteiger partial charge in [-0.2, -0.15) is 0 Å². The van der Waals surface area contributed by atoms with Gasteiger partial charge < -0.3 is 9.26 Å². The fourth-order valence-electron chi connectivity index (χ4n) is 0.988. The number of esters is 1. The molecule has 0 spiro atoms. The van der Waals surface area contributed by atoms with Crippen LogP contribution in [-0.2, 0) is 18.6 Å². The highest BCUT2D eigenvalue weighted by molar-refractivity contribution is 7.52. The lowest BCUT2D eigenvalue weighted by atomic mass is 10.3. The van der Waals surface area contributed by atoms with Gasteiger partial charge in [-0.05, 0) is 12.1 Å². The van der Waals surface area contributed by atoms with Crippen molar-refractivity contribution in [1.29, 1.82) is 0 Å². The van der Waals surface area contributed by atoms with Gasteiger partial charge in [0.1, 0.15) is 12.3 Å². The predicted octanol–water partition coefficient (Wildman–Crippen LogP) is 1.58. The third kappa shape index (κ3) is 4.56. The first-order valence-electron chi connectivity index (χ1n) is 4.82. The minimum atomic E-state index is -3.54. The second kappa shape index (κ2) is 6.39. The molecule has 0 bridgehead atoms. The molecule has 0 aliphatic rings. The lowest BCUT2D eigenvalue weighted by molar-refractivity contribution is -0.139. The molecule has 0 radical (unpaired) electrons. The maximum Gasteiger partial charge on any atom is 0.458 e. The Bertz CT molecular complexity index is 408. The molecule has 1 N–H and O–H groups in total. The van der Waals surface area contributed by atoms with Gasteiger partial charge in [0, 0.05) is 7.11 Å². The summed E-state index contributed by atoms with van der Waals surface area (Å²) in [4.78, 5) is 10.9. The third-order valence-corrected chi connectivity index (χ3v) is 3.33. The number of carbonyl (C=O) groups is 1. The molecule has 0 aliphatic heterocycles. The van der Waals surface area contributed by atoms with Crippen molar-refractivity contribution in [2.75, 3.05) is 20.8 Å². The van der Waals surface area contributed by atoms with Crippen LogP contribution in [0.4, 0.5) is 0 Å². The zero-order valence-corrected chi connectivity index (χ0v) is 10.5. The van der Waals surface area contributed by atoms with E-state index >= 15 is 0 Å². The molecular formula is C10H14NO5P. The molecule has 1 rings (SSSR count). The van der Waals surface area contributed by atoms with Crippen molar-refractivity contribution in [3.8, 4) is 5.75 Å². The number of ether oxygens (including phenoxy) is 1. The van der Waals surface area contributed by atoms with Crippen LogP contribution in [0.1, 0.15) is 0 Å². The first kappa shape index (κ1) is 13.7. The van der Waals surface area contributed by atoms with Gasteiger partial charge in [-0.15, -0.1) is 0 Å². The van der Waals surface area contributed by atoms with Crippen molar-refractivity contribution < 1.29 is 23.1 Å². The molecule has 0 amide bonds. The normalized spacial score (nSPS) is 13.8. The monoisotopic (exact) mass is 260 g/mol. The Morgan fingerprint density at radius 3 is 2.47 bits per heavy atom. The maximum absolute atomic E-state index is 12.0. The first-order chi connectivity index (χ1) is 8.09. The van der Waals surface area contributed by atoms with E-state index in [4.69, 9.17) is 9.05 Å². The highest BCUT2D eigenvalue weighted by Gasteiger charge is 2.25. The number of nitrogens with one attached hydrogen (secondary N) is 1. The van der Waals surface area contributed by atoms with Crippen molar-refractivity contribution >= 4 is 13.7 Å². The molecule has 1 aromatic rings. The minimum absolute atomic E-state index is 0.256. The standard InChI is InChI=1S/C10H14NO5P/c1-14-10(12)8-11-17(13,15-2)16-9-6-4-3-5-7-9/h3-7H,8H2,1-2H3,(H,11,13)/i11+1. The summed E-state index contributed by atoms with van der Waals surface area (Å²) in [5.41, 5.74) is 0. The molecule has 0 saturated heterocycles. The number of methoxy groups -OCH3 is 1. The molecule has 17 heavy (non-hydrogen) atoms. The van der Waals surface area contributed by atoms with Crippen molar-refractivity contribution in [2.45, 2.75) is 0 Å². The van der Waals surface area contributed by atoms with Gasteiger partial charge in [-0.1, -0.05) is 18.2 Å². The van der Waals surface area contributed by atoms with E-state index < -0.39 is 13.7 Å². The summed E-state index contributed by atoms with van der Waals surface area (Å²) in [5, 5.41) is 2.38. The highest BCUT2D eigenvalue weighted by atomic mass is 31.2. The van der Waals surface area contributed by atoms with Crippen molar-refractivity contribution in [3.63, 3.8) is 0 Å². The van der Waals surface area contributed by atoms with E-state index in [9.17, 15) is 9.36 Å². The van der Waals surface area contributed by atoms with Crippen LogP contribution in [0.25, 0.3) is 0 Å². The number of para-hydroxylation sites is 1. The van der Waals surface area contributed by atoms with Gasteiger partial charge >= 0.3 is 13.7 Å². The summed E-state index contributed by atoms with van der Waals surface area (Å²) < 4.78 is 26.3. The van der Waals surface area contributed by atoms with Gasteiger partial charge in [0.2, 0.25) is 0 Å².